The molecule has 7 heteroatoms. The van der Waals surface area contributed by atoms with Crippen molar-refractivity contribution in [1.82, 2.24) is 9.78 Å². The summed E-state index contributed by atoms with van der Waals surface area (Å²) in [6.45, 7) is 3.82. The predicted molar refractivity (Wildman–Crippen MR) is 76.3 cm³/mol. The van der Waals surface area contributed by atoms with Crippen LogP contribution in [-0.2, 0) is 17.8 Å². The van der Waals surface area contributed by atoms with Gasteiger partial charge in [-0.15, -0.1) is 11.3 Å². The van der Waals surface area contributed by atoms with Crippen molar-refractivity contribution in [3.8, 4) is 0 Å². The van der Waals surface area contributed by atoms with E-state index in [1.54, 1.807) is 18.5 Å². The third-order valence-electron chi connectivity index (χ3n) is 2.89. The maximum atomic E-state index is 11.9. The lowest BCUT2D eigenvalue weighted by Crippen LogP contribution is -2.19. The van der Waals surface area contributed by atoms with Crippen molar-refractivity contribution in [3.63, 3.8) is 0 Å². The molecule has 0 unspecified atom stereocenters. The van der Waals surface area contributed by atoms with Gasteiger partial charge in [0.2, 0.25) is 5.91 Å². The fourth-order valence-electron chi connectivity index (χ4n) is 2.03. The molecular weight excluding hydrogens is 278 g/mol. The number of anilines is 1. The highest BCUT2D eigenvalue weighted by Crippen LogP contribution is 2.33. The SMILES string of the molecule is CCc1c(C)sc(NC(=O)Cn2cccn2)c1C(=O)O. The Morgan fingerprint density at radius 3 is 2.80 bits per heavy atom. The topological polar surface area (TPSA) is 84.2 Å². The number of aromatic carboxylic acids is 1. The van der Waals surface area contributed by atoms with Crippen molar-refractivity contribution in [2.45, 2.75) is 26.8 Å². The van der Waals surface area contributed by atoms with E-state index in [0.717, 1.165) is 10.4 Å². The second-order valence-electron chi connectivity index (χ2n) is 4.25. The van der Waals surface area contributed by atoms with Gasteiger partial charge in [-0.1, -0.05) is 6.92 Å². The first-order valence-electron chi connectivity index (χ1n) is 6.15. The van der Waals surface area contributed by atoms with Gasteiger partial charge in [-0.05, 0) is 25.0 Å². The van der Waals surface area contributed by atoms with E-state index in [-0.39, 0.29) is 18.0 Å². The molecule has 0 saturated heterocycles. The Balaban J connectivity index is 2.20. The Kier molecular flexibility index (Phi) is 4.19. The van der Waals surface area contributed by atoms with Crippen LogP contribution in [-0.4, -0.2) is 26.8 Å². The first kappa shape index (κ1) is 14.3. The van der Waals surface area contributed by atoms with Crippen molar-refractivity contribution in [2.24, 2.45) is 0 Å². The van der Waals surface area contributed by atoms with E-state index in [9.17, 15) is 14.7 Å². The van der Waals surface area contributed by atoms with E-state index in [2.05, 4.69) is 10.4 Å². The molecule has 6 nitrogen and oxygen atoms in total. The van der Waals surface area contributed by atoms with Crippen molar-refractivity contribution in [1.29, 1.82) is 0 Å². The second-order valence-corrected chi connectivity index (χ2v) is 5.48. The molecule has 0 atom stereocenters. The molecule has 0 aromatic carbocycles. The molecule has 2 N–H and O–H groups in total. The number of thiophene rings is 1. The molecule has 0 radical (unpaired) electrons. The average molecular weight is 293 g/mol. The Morgan fingerprint density at radius 1 is 1.50 bits per heavy atom. The van der Waals surface area contributed by atoms with E-state index in [1.807, 2.05) is 13.8 Å². The molecule has 2 aromatic heterocycles. The minimum Gasteiger partial charge on any atom is -0.478 e. The quantitative estimate of drug-likeness (QED) is 0.884. The maximum absolute atomic E-state index is 11.9. The molecule has 0 aliphatic heterocycles. The average Bonchev–Trinajstić information content (AvgIpc) is 2.96. The van der Waals surface area contributed by atoms with Crippen LogP contribution in [0.15, 0.2) is 18.5 Å². The molecule has 0 aliphatic rings. The van der Waals surface area contributed by atoms with E-state index in [1.165, 1.54) is 16.0 Å². The highest BCUT2D eigenvalue weighted by atomic mass is 32.1. The van der Waals surface area contributed by atoms with Crippen LogP contribution in [0.4, 0.5) is 5.00 Å². The first-order valence-corrected chi connectivity index (χ1v) is 6.97. The van der Waals surface area contributed by atoms with Crippen LogP contribution in [0.2, 0.25) is 0 Å². The Morgan fingerprint density at radius 2 is 2.25 bits per heavy atom. The molecule has 2 rings (SSSR count). The van der Waals surface area contributed by atoms with Crippen molar-refractivity contribution in [3.05, 3.63) is 34.5 Å². The summed E-state index contributed by atoms with van der Waals surface area (Å²) in [7, 11) is 0. The number of hydrogen-bond acceptors (Lipinski definition) is 4. The molecule has 20 heavy (non-hydrogen) atoms. The molecular formula is C13H15N3O3S. The highest BCUT2D eigenvalue weighted by Gasteiger charge is 2.21. The van der Waals surface area contributed by atoms with Gasteiger partial charge in [0.05, 0.1) is 5.56 Å². The van der Waals surface area contributed by atoms with Gasteiger partial charge in [0.25, 0.3) is 0 Å². The zero-order chi connectivity index (χ0) is 14.7. The normalized spacial score (nSPS) is 10.5. The number of carboxylic acids is 1. The number of aryl methyl sites for hydroxylation is 1. The van der Waals surface area contributed by atoms with Gasteiger partial charge in [-0.2, -0.15) is 5.10 Å². The largest absolute Gasteiger partial charge is 0.478 e. The molecule has 1 amide bonds. The van der Waals surface area contributed by atoms with Crippen LogP contribution < -0.4 is 5.32 Å². The monoisotopic (exact) mass is 293 g/mol. The summed E-state index contributed by atoms with van der Waals surface area (Å²) in [5, 5.41) is 16.3. The fraction of sp³-hybridized carbons (Fsp3) is 0.308. The lowest BCUT2D eigenvalue weighted by molar-refractivity contribution is -0.116. The summed E-state index contributed by atoms with van der Waals surface area (Å²) in [6.07, 6.45) is 3.88. The highest BCUT2D eigenvalue weighted by molar-refractivity contribution is 7.16. The first-order chi connectivity index (χ1) is 9.52. The molecule has 2 heterocycles. The van der Waals surface area contributed by atoms with Gasteiger partial charge in [-0.25, -0.2) is 4.79 Å². The van der Waals surface area contributed by atoms with Crippen LogP contribution >= 0.6 is 11.3 Å². The Hall–Kier alpha value is -2.15. The van der Waals surface area contributed by atoms with Gasteiger partial charge in [0.1, 0.15) is 11.5 Å². The number of carbonyl (C=O) groups is 2. The number of carbonyl (C=O) groups excluding carboxylic acids is 1. The number of hydrogen-bond donors (Lipinski definition) is 2. The van der Waals surface area contributed by atoms with E-state index >= 15 is 0 Å². The number of carboxylic acid groups (broad SMARTS) is 1. The Labute approximate surface area is 120 Å². The number of aromatic nitrogens is 2. The maximum Gasteiger partial charge on any atom is 0.339 e. The summed E-state index contributed by atoms with van der Waals surface area (Å²) >= 11 is 1.29. The summed E-state index contributed by atoms with van der Waals surface area (Å²) < 4.78 is 1.48. The molecule has 0 spiro atoms. The number of rotatable bonds is 5. The Bertz CT molecular complexity index is 632. The molecule has 0 aliphatic carbocycles. The van der Waals surface area contributed by atoms with Gasteiger partial charge < -0.3 is 10.4 Å². The van der Waals surface area contributed by atoms with Gasteiger partial charge >= 0.3 is 5.97 Å². The van der Waals surface area contributed by atoms with E-state index < -0.39 is 5.97 Å². The minimum atomic E-state index is -1.01. The fourth-order valence-corrected chi connectivity index (χ4v) is 3.18. The van der Waals surface area contributed by atoms with Gasteiger partial charge in [0.15, 0.2) is 0 Å². The van der Waals surface area contributed by atoms with Gasteiger partial charge in [0, 0.05) is 17.3 Å². The minimum absolute atomic E-state index is 0.0600. The third kappa shape index (κ3) is 2.88. The number of nitrogens with zero attached hydrogens (tertiary/aromatic N) is 2. The third-order valence-corrected chi connectivity index (χ3v) is 3.96. The summed E-state index contributed by atoms with van der Waals surface area (Å²) in [4.78, 5) is 24.2. The molecule has 0 bridgehead atoms. The number of nitrogens with one attached hydrogen (secondary N) is 1. The van der Waals surface area contributed by atoms with E-state index in [4.69, 9.17) is 0 Å². The lowest BCUT2D eigenvalue weighted by atomic mass is 10.1. The summed E-state index contributed by atoms with van der Waals surface area (Å²) in [6, 6.07) is 1.72. The van der Waals surface area contributed by atoms with Crippen molar-refractivity contribution < 1.29 is 14.7 Å². The molecule has 2 aromatic rings. The standard InChI is InChI=1S/C13H15N3O3S/c1-3-9-8(2)20-12(11(9)13(18)19)15-10(17)7-16-6-4-5-14-16/h4-6H,3,7H2,1-2H3,(H,15,17)(H,18,19). The van der Waals surface area contributed by atoms with Crippen molar-refractivity contribution >= 4 is 28.2 Å². The number of amides is 1. The van der Waals surface area contributed by atoms with Crippen molar-refractivity contribution in [2.75, 3.05) is 5.32 Å². The summed E-state index contributed by atoms with van der Waals surface area (Å²) in [5.74, 6) is -1.30. The second kappa shape index (κ2) is 5.87. The zero-order valence-corrected chi connectivity index (χ0v) is 12.0. The van der Waals surface area contributed by atoms with Crippen LogP contribution in [0.1, 0.15) is 27.7 Å². The smallest absolute Gasteiger partial charge is 0.339 e. The van der Waals surface area contributed by atoms with Gasteiger partial charge in [-0.3, -0.25) is 9.48 Å². The van der Waals surface area contributed by atoms with Crippen LogP contribution in [0.25, 0.3) is 0 Å². The lowest BCUT2D eigenvalue weighted by Gasteiger charge is -2.05. The van der Waals surface area contributed by atoms with Crippen LogP contribution in [0.3, 0.4) is 0 Å². The zero-order valence-electron chi connectivity index (χ0n) is 11.2. The van der Waals surface area contributed by atoms with Crippen LogP contribution in [0.5, 0.6) is 0 Å². The molecule has 0 fully saturated rings. The predicted octanol–water partition coefficient (Wildman–Crippen LogP) is 2.15. The summed E-state index contributed by atoms with van der Waals surface area (Å²) in [5.41, 5.74) is 0.973. The molecule has 106 valence electrons. The van der Waals surface area contributed by atoms with Crippen LogP contribution in [0, 0.1) is 6.92 Å². The molecule has 0 saturated carbocycles. The van der Waals surface area contributed by atoms with E-state index in [0.29, 0.717) is 11.4 Å².